The van der Waals surface area contributed by atoms with E-state index in [1.54, 1.807) is 24.3 Å². The van der Waals surface area contributed by atoms with Crippen LogP contribution in [0.15, 0.2) is 54.6 Å². The highest BCUT2D eigenvalue weighted by Crippen LogP contribution is 2.31. The number of hydrogen-bond acceptors (Lipinski definition) is 3. The fourth-order valence-electron chi connectivity index (χ4n) is 3.80. The van der Waals surface area contributed by atoms with E-state index in [1.807, 2.05) is 51.1 Å². The number of urea groups is 1. The van der Waals surface area contributed by atoms with Crippen molar-refractivity contribution in [1.29, 1.82) is 0 Å². The van der Waals surface area contributed by atoms with Gasteiger partial charge >= 0.3 is 6.03 Å². The minimum atomic E-state index is -0.941. The second-order valence-corrected chi connectivity index (χ2v) is 9.32. The average molecular weight is 437 g/mol. The number of nitrogens with one attached hydrogen (secondary N) is 4. The topological polar surface area (TPSA) is 99.3 Å². The molecule has 170 valence electrons. The Bertz CT molecular complexity index is 943. The molecule has 1 fully saturated rings. The van der Waals surface area contributed by atoms with E-state index in [-0.39, 0.29) is 23.4 Å². The third-order valence-corrected chi connectivity index (χ3v) is 5.43. The van der Waals surface area contributed by atoms with Crippen LogP contribution in [0.3, 0.4) is 0 Å². The van der Waals surface area contributed by atoms with E-state index in [1.165, 1.54) is 0 Å². The second kappa shape index (κ2) is 9.85. The molecule has 0 heterocycles. The van der Waals surface area contributed by atoms with Gasteiger partial charge in [0.1, 0.15) is 5.54 Å². The minimum Gasteiger partial charge on any atom is -0.347 e. The molecule has 1 saturated carbocycles. The Morgan fingerprint density at radius 1 is 0.906 bits per heavy atom. The Labute approximate surface area is 189 Å². The maximum atomic E-state index is 13.1. The number of carbonyl (C=O) groups excluding carboxylic acids is 3. The van der Waals surface area contributed by atoms with Gasteiger partial charge in [-0.2, -0.15) is 0 Å². The first-order chi connectivity index (χ1) is 15.2. The maximum Gasteiger partial charge on any atom is 0.315 e. The molecule has 4 N–H and O–H groups in total. The molecule has 0 unspecified atom stereocenters. The lowest BCUT2D eigenvalue weighted by Gasteiger charge is -2.29. The molecule has 7 nitrogen and oxygen atoms in total. The van der Waals surface area contributed by atoms with Crippen LogP contribution < -0.4 is 21.3 Å². The number of anilines is 1. The highest BCUT2D eigenvalue weighted by molar-refractivity contribution is 6.01. The van der Waals surface area contributed by atoms with Crippen LogP contribution >= 0.6 is 0 Å². The van der Waals surface area contributed by atoms with E-state index in [2.05, 4.69) is 21.3 Å². The summed E-state index contributed by atoms with van der Waals surface area (Å²) < 4.78 is 0. The van der Waals surface area contributed by atoms with Gasteiger partial charge < -0.3 is 21.3 Å². The summed E-state index contributed by atoms with van der Waals surface area (Å²) in [7, 11) is 0. The largest absolute Gasteiger partial charge is 0.347 e. The Morgan fingerprint density at radius 2 is 1.53 bits per heavy atom. The Balaban J connectivity index is 1.61. The summed E-state index contributed by atoms with van der Waals surface area (Å²) in [6.07, 6.45) is 2.92. The third-order valence-electron chi connectivity index (χ3n) is 5.43. The molecule has 0 bridgehead atoms. The van der Waals surface area contributed by atoms with Crippen molar-refractivity contribution in [2.75, 3.05) is 5.32 Å². The summed E-state index contributed by atoms with van der Waals surface area (Å²) in [4.78, 5) is 37.9. The average Bonchev–Trinajstić information content (AvgIpc) is 3.22. The van der Waals surface area contributed by atoms with Crippen LogP contribution in [0.2, 0.25) is 0 Å². The molecule has 0 aromatic heterocycles. The minimum absolute atomic E-state index is 0.167. The molecule has 0 aliphatic heterocycles. The SMILES string of the molecule is CC(C)(C)NC(=O)c1ccc(NC(=O)C2(NC(=O)NCc3ccccc3)CCCC2)cc1. The highest BCUT2D eigenvalue weighted by Gasteiger charge is 2.42. The van der Waals surface area contributed by atoms with Crippen LogP contribution in [-0.4, -0.2) is 28.9 Å². The van der Waals surface area contributed by atoms with Crippen LogP contribution in [0.5, 0.6) is 0 Å². The van der Waals surface area contributed by atoms with Crippen molar-refractivity contribution in [3.05, 3.63) is 65.7 Å². The van der Waals surface area contributed by atoms with Gasteiger partial charge in [-0.1, -0.05) is 43.2 Å². The van der Waals surface area contributed by atoms with Crippen molar-refractivity contribution < 1.29 is 14.4 Å². The molecule has 3 rings (SSSR count). The molecule has 2 aromatic rings. The normalized spacial score (nSPS) is 15.0. The lowest BCUT2D eigenvalue weighted by atomic mass is 9.96. The Kier molecular flexibility index (Phi) is 7.18. The van der Waals surface area contributed by atoms with E-state index >= 15 is 0 Å². The van der Waals surface area contributed by atoms with Crippen LogP contribution in [0.1, 0.15) is 62.4 Å². The summed E-state index contributed by atoms with van der Waals surface area (Å²) in [6.45, 7) is 6.15. The van der Waals surface area contributed by atoms with Gasteiger partial charge in [-0.15, -0.1) is 0 Å². The molecule has 1 aliphatic carbocycles. The smallest absolute Gasteiger partial charge is 0.315 e. The van der Waals surface area contributed by atoms with Gasteiger partial charge in [0.25, 0.3) is 5.91 Å². The van der Waals surface area contributed by atoms with Gasteiger partial charge in [-0.05, 0) is 63.4 Å². The number of rotatable bonds is 6. The quantitative estimate of drug-likeness (QED) is 0.551. The van der Waals surface area contributed by atoms with E-state index in [4.69, 9.17) is 0 Å². The van der Waals surface area contributed by atoms with Gasteiger partial charge in [0, 0.05) is 23.3 Å². The first-order valence-electron chi connectivity index (χ1n) is 11.0. The molecular weight excluding hydrogens is 404 g/mol. The fourth-order valence-corrected chi connectivity index (χ4v) is 3.80. The molecule has 0 radical (unpaired) electrons. The molecule has 0 atom stereocenters. The van der Waals surface area contributed by atoms with Gasteiger partial charge in [-0.3, -0.25) is 9.59 Å². The number of benzene rings is 2. The van der Waals surface area contributed by atoms with Crippen molar-refractivity contribution in [3.63, 3.8) is 0 Å². The number of amides is 4. The summed E-state index contributed by atoms with van der Waals surface area (Å²) >= 11 is 0. The maximum absolute atomic E-state index is 13.1. The van der Waals surface area contributed by atoms with E-state index in [9.17, 15) is 14.4 Å². The third kappa shape index (κ3) is 6.33. The van der Waals surface area contributed by atoms with Gasteiger partial charge in [0.2, 0.25) is 5.91 Å². The van der Waals surface area contributed by atoms with E-state index in [0.717, 1.165) is 18.4 Å². The zero-order chi connectivity index (χ0) is 23.2. The Hall–Kier alpha value is -3.35. The van der Waals surface area contributed by atoms with Crippen molar-refractivity contribution in [3.8, 4) is 0 Å². The summed E-state index contributed by atoms with van der Waals surface area (Å²) in [6, 6.07) is 16.0. The molecular formula is C25H32N4O3. The Morgan fingerprint density at radius 3 is 2.12 bits per heavy atom. The summed E-state index contributed by atoms with van der Waals surface area (Å²) in [5.74, 6) is -0.406. The first-order valence-corrected chi connectivity index (χ1v) is 11.0. The fraction of sp³-hybridized carbons (Fsp3) is 0.400. The molecule has 1 aliphatic rings. The summed E-state index contributed by atoms with van der Waals surface area (Å²) in [5.41, 5.74) is 0.824. The zero-order valence-electron chi connectivity index (χ0n) is 19.0. The van der Waals surface area contributed by atoms with Crippen molar-refractivity contribution in [2.24, 2.45) is 0 Å². The molecule has 7 heteroatoms. The first kappa shape index (κ1) is 23.3. The van der Waals surface area contributed by atoms with Crippen LogP contribution in [0, 0.1) is 0 Å². The van der Waals surface area contributed by atoms with Crippen molar-refractivity contribution in [2.45, 2.75) is 64.1 Å². The van der Waals surface area contributed by atoms with Crippen molar-refractivity contribution >= 4 is 23.5 Å². The monoisotopic (exact) mass is 436 g/mol. The molecule has 32 heavy (non-hydrogen) atoms. The van der Waals surface area contributed by atoms with E-state index in [0.29, 0.717) is 30.6 Å². The second-order valence-electron chi connectivity index (χ2n) is 9.32. The molecule has 4 amide bonds. The predicted octanol–water partition coefficient (Wildman–Crippen LogP) is 3.97. The lowest BCUT2D eigenvalue weighted by molar-refractivity contribution is -0.121. The van der Waals surface area contributed by atoms with Gasteiger partial charge in [-0.25, -0.2) is 4.79 Å². The lowest BCUT2D eigenvalue weighted by Crippen LogP contribution is -2.57. The number of carbonyl (C=O) groups is 3. The zero-order valence-corrected chi connectivity index (χ0v) is 19.0. The van der Waals surface area contributed by atoms with Gasteiger partial charge in [0.05, 0.1) is 0 Å². The predicted molar refractivity (Wildman–Crippen MR) is 125 cm³/mol. The van der Waals surface area contributed by atoms with Gasteiger partial charge in [0.15, 0.2) is 0 Å². The highest BCUT2D eigenvalue weighted by atomic mass is 16.2. The van der Waals surface area contributed by atoms with Crippen LogP contribution in [-0.2, 0) is 11.3 Å². The standard InChI is InChI=1S/C25H32N4O3/c1-24(2,3)28-21(30)19-11-13-20(14-12-19)27-22(31)25(15-7-8-16-25)29-23(32)26-17-18-9-5-4-6-10-18/h4-6,9-14H,7-8,15-17H2,1-3H3,(H,27,31)(H,28,30)(H2,26,29,32). The summed E-state index contributed by atoms with van der Waals surface area (Å²) in [5, 5.41) is 11.6. The molecule has 0 spiro atoms. The molecule has 0 saturated heterocycles. The van der Waals surface area contributed by atoms with E-state index < -0.39 is 5.54 Å². The van der Waals surface area contributed by atoms with Crippen molar-refractivity contribution in [1.82, 2.24) is 16.0 Å². The number of hydrogen-bond donors (Lipinski definition) is 4. The van der Waals surface area contributed by atoms with Crippen LogP contribution in [0.4, 0.5) is 10.5 Å². The molecule has 2 aromatic carbocycles. The van der Waals surface area contributed by atoms with Crippen LogP contribution in [0.25, 0.3) is 0 Å².